The fourth-order valence-electron chi connectivity index (χ4n) is 3.62. The second kappa shape index (κ2) is 5.07. The summed E-state index contributed by atoms with van der Waals surface area (Å²) in [5.41, 5.74) is 0.104. The summed E-state index contributed by atoms with van der Waals surface area (Å²) in [6.45, 7) is 0.439. The number of carboxylic acids is 1. The number of hydrogen-bond acceptors (Lipinski definition) is 4. The monoisotopic (exact) mass is 294 g/mol. The zero-order valence-electron chi connectivity index (χ0n) is 11.2. The molecule has 0 aromatic heterocycles. The third-order valence-corrected chi connectivity index (χ3v) is 4.57. The summed E-state index contributed by atoms with van der Waals surface area (Å²) in [6, 6.07) is 4.08. The molecule has 2 saturated heterocycles. The van der Waals surface area contributed by atoms with E-state index >= 15 is 0 Å². The van der Waals surface area contributed by atoms with Crippen molar-refractivity contribution in [3.05, 3.63) is 39.7 Å². The first-order valence-corrected chi connectivity index (χ1v) is 6.88. The Bertz CT molecular complexity index is 607. The van der Waals surface area contributed by atoms with Gasteiger partial charge in [0, 0.05) is 24.7 Å². The molecule has 2 aliphatic heterocycles. The van der Waals surface area contributed by atoms with Crippen LogP contribution in [-0.2, 0) is 11.3 Å². The quantitative estimate of drug-likeness (QED) is 0.679. The summed E-state index contributed by atoms with van der Waals surface area (Å²) in [7, 11) is 0. The Balaban J connectivity index is 1.77. The molecule has 6 nitrogen and oxygen atoms in total. The number of aliphatic carboxylic acids is 1. The number of benzene rings is 1. The largest absolute Gasteiger partial charge is 0.481 e. The number of nitro benzene ring substituents is 1. The maximum absolute atomic E-state index is 13.6. The van der Waals surface area contributed by atoms with E-state index in [4.69, 9.17) is 0 Å². The van der Waals surface area contributed by atoms with Gasteiger partial charge in [-0.1, -0.05) is 6.07 Å². The molecule has 3 atom stereocenters. The molecule has 21 heavy (non-hydrogen) atoms. The third kappa shape index (κ3) is 2.37. The van der Waals surface area contributed by atoms with Gasteiger partial charge in [0.25, 0.3) is 0 Å². The first-order valence-electron chi connectivity index (χ1n) is 6.88. The van der Waals surface area contributed by atoms with Gasteiger partial charge in [-0.2, -0.15) is 4.39 Å². The highest BCUT2D eigenvalue weighted by Crippen LogP contribution is 2.42. The van der Waals surface area contributed by atoms with Gasteiger partial charge in [-0.15, -0.1) is 0 Å². The number of nitro groups is 1. The summed E-state index contributed by atoms with van der Waals surface area (Å²) in [6.07, 6.45) is 2.44. The highest BCUT2D eigenvalue weighted by Gasteiger charge is 2.48. The van der Waals surface area contributed by atoms with E-state index < -0.39 is 22.4 Å². The highest BCUT2D eigenvalue weighted by atomic mass is 19.1. The lowest BCUT2D eigenvalue weighted by Gasteiger charge is -2.22. The standard InChI is InChI=1S/C14H15FN2O4/c15-11-5-8(1-3-13(11)17(20)21)7-16-9-2-4-12(16)10(6-9)14(18)19/h1,3,5,9-10,12H,2,4,6-7H2,(H,18,19). The van der Waals surface area contributed by atoms with Crippen molar-refractivity contribution in [3.8, 4) is 0 Å². The van der Waals surface area contributed by atoms with E-state index in [-0.39, 0.29) is 18.0 Å². The van der Waals surface area contributed by atoms with Gasteiger partial charge >= 0.3 is 11.7 Å². The Morgan fingerprint density at radius 3 is 2.81 bits per heavy atom. The summed E-state index contributed by atoms with van der Waals surface area (Å²) >= 11 is 0. The molecule has 2 heterocycles. The number of fused-ring (bicyclic) bond motifs is 2. The molecule has 1 aromatic rings. The van der Waals surface area contributed by atoms with Gasteiger partial charge in [-0.05, 0) is 30.9 Å². The van der Waals surface area contributed by atoms with E-state index in [0.717, 1.165) is 18.9 Å². The van der Waals surface area contributed by atoms with E-state index in [2.05, 4.69) is 4.90 Å². The smallest absolute Gasteiger partial charge is 0.308 e. The Labute approximate surface area is 120 Å². The molecule has 3 rings (SSSR count). The molecule has 112 valence electrons. The summed E-state index contributed by atoms with van der Waals surface area (Å²) in [5, 5.41) is 19.8. The fourth-order valence-corrected chi connectivity index (χ4v) is 3.62. The van der Waals surface area contributed by atoms with Crippen molar-refractivity contribution in [2.75, 3.05) is 0 Å². The van der Waals surface area contributed by atoms with Crippen molar-refractivity contribution in [1.29, 1.82) is 0 Å². The van der Waals surface area contributed by atoms with Gasteiger partial charge in [-0.3, -0.25) is 19.8 Å². The van der Waals surface area contributed by atoms with E-state index in [9.17, 15) is 24.4 Å². The van der Waals surface area contributed by atoms with Gasteiger partial charge in [-0.25, -0.2) is 0 Å². The van der Waals surface area contributed by atoms with Gasteiger partial charge in [0.2, 0.25) is 5.82 Å². The predicted octanol–water partition coefficient (Wildman–Crippen LogP) is 2.17. The van der Waals surface area contributed by atoms with Crippen molar-refractivity contribution >= 4 is 11.7 Å². The van der Waals surface area contributed by atoms with E-state index in [0.29, 0.717) is 18.5 Å². The maximum Gasteiger partial charge on any atom is 0.308 e. The number of hydrogen-bond donors (Lipinski definition) is 1. The Kier molecular flexibility index (Phi) is 3.36. The number of carboxylic acid groups (broad SMARTS) is 1. The van der Waals surface area contributed by atoms with Crippen LogP contribution < -0.4 is 0 Å². The van der Waals surface area contributed by atoms with Gasteiger partial charge in [0.15, 0.2) is 0 Å². The highest BCUT2D eigenvalue weighted by molar-refractivity contribution is 5.71. The molecular formula is C14H15FN2O4. The molecule has 2 bridgehead atoms. The molecule has 2 fully saturated rings. The first kappa shape index (κ1) is 13.9. The van der Waals surface area contributed by atoms with Crippen LogP contribution in [0.5, 0.6) is 0 Å². The second-order valence-electron chi connectivity index (χ2n) is 5.69. The fraction of sp³-hybridized carbons (Fsp3) is 0.500. The molecule has 0 spiro atoms. The van der Waals surface area contributed by atoms with Crippen LogP contribution in [0.25, 0.3) is 0 Å². The molecule has 0 radical (unpaired) electrons. The van der Waals surface area contributed by atoms with Crippen molar-refractivity contribution < 1.29 is 19.2 Å². The average Bonchev–Trinajstić information content (AvgIpc) is 2.95. The second-order valence-corrected chi connectivity index (χ2v) is 5.69. The average molecular weight is 294 g/mol. The Morgan fingerprint density at radius 1 is 1.48 bits per heavy atom. The first-order chi connectivity index (χ1) is 9.97. The van der Waals surface area contributed by atoms with E-state index in [1.54, 1.807) is 0 Å². The molecule has 3 unspecified atom stereocenters. The number of halogens is 1. The lowest BCUT2D eigenvalue weighted by atomic mass is 9.89. The van der Waals surface area contributed by atoms with Crippen molar-refractivity contribution in [1.82, 2.24) is 4.90 Å². The predicted molar refractivity (Wildman–Crippen MR) is 71.2 cm³/mol. The summed E-state index contributed by atoms with van der Waals surface area (Å²) < 4.78 is 13.6. The lowest BCUT2D eigenvalue weighted by Crippen LogP contribution is -2.32. The molecule has 1 aromatic carbocycles. The lowest BCUT2D eigenvalue weighted by molar-refractivity contribution is -0.387. The molecule has 0 amide bonds. The van der Waals surface area contributed by atoms with Crippen LogP contribution in [0.3, 0.4) is 0 Å². The number of rotatable bonds is 4. The van der Waals surface area contributed by atoms with Crippen LogP contribution in [0.4, 0.5) is 10.1 Å². The Morgan fingerprint density at radius 2 is 2.24 bits per heavy atom. The molecule has 0 aliphatic carbocycles. The minimum Gasteiger partial charge on any atom is -0.481 e. The molecule has 7 heteroatoms. The minimum absolute atomic E-state index is 0.00856. The van der Waals surface area contributed by atoms with Crippen LogP contribution in [0.15, 0.2) is 18.2 Å². The Hall–Kier alpha value is -2.02. The van der Waals surface area contributed by atoms with E-state index in [1.807, 2.05) is 0 Å². The van der Waals surface area contributed by atoms with Crippen molar-refractivity contribution in [2.45, 2.75) is 37.9 Å². The third-order valence-electron chi connectivity index (χ3n) is 4.57. The van der Waals surface area contributed by atoms with Gasteiger partial charge in [0.1, 0.15) is 0 Å². The summed E-state index contributed by atoms with van der Waals surface area (Å²) in [5.74, 6) is -1.98. The normalized spacial score (nSPS) is 28.0. The topological polar surface area (TPSA) is 83.7 Å². The molecule has 0 saturated carbocycles. The zero-order chi connectivity index (χ0) is 15.1. The van der Waals surface area contributed by atoms with E-state index in [1.165, 1.54) is 12.1 Å². The van der Waals surface area contributed by atoms with Crippen LogP contribution in [0.2, 0.25) is 0 Å². The van der Waals surface area contributed by atoms with Gasteiger partial charge in [0.05, 0.1) is 10.8 Å². The van der Waals surface area contributed by atoms with Crippen molar-refractivity contribution in [3.63, 3.8) is 0 Å². The molecule has 1 N–H and O–H groups in total. The van der Waals surface area contributed by atoms with Gasteiger partial charge < -0.3 is 5.11 Å². The SMILES string of the molecule is O=C(O)C1CC2CCC1N2Cc1ccc([N+](=O)[O-])c(F)c1. The van der Waals surface area contributed by atoms with Crippen LogP contribution in [0, 0.1) is 21.8 Å². The molecular weight excluding hydrogens is 279 g/mol. The summed E-state index contributed by atoms with van der Waals surface area (Å²) in [4.78, 5) is 23.1. The van der Waals surface area contributed by atoms with Crippen molar-refractivity contribution in [2.24, 2.45) is 5.92 Å². The number of carbonyl (C=O) groups is 1. The van der Waals surface area contributed by atoms with Crippen LogP contribution >= 0.6 is 0 Å². The van der Waals surface area contributed by atoms with Crippen LogP contribution in [-0.4, -0.2) is 33.0 Å². The number of nitrogens with zero attached hydrogens (tertiary/aromatic N) is 2. The maximum atomic E-state index is 13.6. The minimum atomic E-state index is -0.848. The zero-order valence-corrected chi connectivity index (χ0v) is 11.2. The molecule has 2 aliphatic rings. The van der Waals surface area contributed by atoms with Crippen LogP contribution in [0.1, 0.15) is 24.8 Å².